The van der Waals surface area contributed by atoms with Gasteiger partial charge in [-0.2, -0.15) is 0 Å². The first-order valence-corrected chi connectivity index (χ1v) is 13.3. The zero-order valence-corrected chi connectivity index (χ0v) is 22.2. The molecule has 0 unspecified atom stereocenters. The van der Waals surface area contributed by atoms with E-state index < -0.39 is 0 Å². The lowest BCUT2D eigenvalue weighted by molar-refractivity contribution is -0.116. The molecular formula is C25H29ClN6O3S. The molecule has 0 radical (unpaired) electrons. The predicted octanol–water partition coefficient (Wildman–Crippen LogP) is 3.12. The molecule has 0 N–H and O–H groups in total. The van der Waals surface area contributed by atoms with Crippen molar-refractivity contribution in [3.63, 3.8) is 0 Å². The van der Waals surface area contributed by atoms with Crippen LogP contribution in [-0.4, -0.2) is 78.0 Å². The Balaban J connectivity index is 1.24. The molecule has 4 heterocycles. The van der Waals surface area contributed by atoms with Gasteiger partial charge in [-0.1, -0.05) is 11.6 Å². The van der Waals surface area contributed by atoms with E-state index >= 15 is 0 Å². The highest BCUT2D eigenvalue weighted by Crippen LogP contribution is 2.39. The van der Waals surface area contributed by atoms with Crippen LogP contribution >= 0.6 is 23.4 Å². The first-order valence-electron chi connectivity index (χ1n) is 11.9. The number of carbonyl (C=O) groups is 1. The number of pyridine rings is 1. The van der Waals surface area contributed by atoms with Crippen LogP contribution in [-0.2, 0) is 11.3 Å². The largest absolute Gasteiger partial charge is 0.497 e. The molecule has 0 saturated carbocycles. The van der Waals surface area contributed by atoms with Gasteiger partial charge in [0.05, 0.1) is 40.0 Å². The minimum Gasteiger partial charge on any atom is -0.497 e. The number of amides is 1. The third-order valence-corrected chi connectivity index (χ3v) is 8.36. The first-order chi connectivity index (χ1) is 17.4. The van der Waals surface area contributed by atoms with Crippen LogP contribution < -0.4 is 20.1 Å². The number of piperidine rings is 1. The first kappa shape index (κ1) is 24.9. The number of hydrogen-bond acceptors (Lipinski definition) is 8. The highest BCUT2D eigenvalue weighted by Gasteiger charge is 2.29. The Morgan fingerprint density at radius 2 is 1.97 bits per heavy atom. The van der Waals surface area contributed by atoms with E-state index in [1.54, 1.807) is 23.6 Å². The molecule has 5 rings (SSSR count). The number of likely N-dealkylation sites (tertiary alicyclic amines) is 1. The minimum absolute atomic E-state index is 0.0451. The van der Waals surface area contributed by atoms with Crippen molar-refractivity contribution in [1.82, 2.24) is 19.4 Å². The molecule has 0 aliphatic carbocycles. The van der Waals surface area contributed by atoms with E-state index in [2.05, 4.69) is 14.8 Å². The van der Waals surface area contributed by atoms with Crippen LogP contribution in [0.4, 0.5) is 11.6 Å². The van der Waals surface area contributed by atoms with Crippen molar-refractivity contribution in [2.45, 2.75) is 30.3 Å². The summed E-state index contributed by atoms with van der Waals surface area (Å²) in [6, 6.07) is 7.80. The fraction of sp³-hybridized carbons (Fsp3) is 0.440. The fourth-order valence-corrected chi connectivity index (χ4v) is 6.18. The van der Waals surface area contributed by atoms with E-state index in [-0.39, 0.29) is 17.5 Å². The maximum absolute atomic E-state index is 12.6. The van der Waals surface area contributed by atoms with Gasteiger partial charge < -0.3 is 19.1 Å². The number of rotatable bonds is 6. The highest BCUT2D eigenvalue weighted by molar-refractivity contribution is 8.00. The van der Waals surface area contributed by atoms with Gasteiger partial charge in [0.2, 0.25) is 5.91 Å². The Hall–Kier alpha value is -2.82. The van der Waals surface area contributed by atoms with Gasteiger partial charge in [0.25, 0.3) is 5.56 Å². The van der Waals surface area contributed by atoms with Gasteiger partial charge >= 0.3 is 0 Å². The molecule has 1 amide bonds. The van der Waals surface area contributed by atoms with Gasteiger partial charge in [-0.3, -0.25) is 14.5 Å². The fourth-order valence-electron chi connectivity index (χ4n) is 4.85. The predicted molar refractivity (Wildman–Crippen MR) is 144 cm³/mol. The molecule has 0 atom stereocenters. The summed E-state index contributed by atoms with van der Waals surface area (Å²) in [7, 11) is 5.40. The number of nitrogens with zero attached hydrogens (tertiary/aromatic N) is 6. The number of hydrogen-bond donors (Lipinski definition) is 0. The summed E-state index contributed by atoms with van der Waals surface area (Å²) in [6.45, 7) is 3.18. The Morgan fingerprint density at radius 1 is 1.19 bits per heavy atom. The van der Waals surface area contributed by atoms with Crippen molar-refractivity contribution in [2.24, 2.45) is 0 Å². The average Bonchev–Trinajstić information content (AvgIpc) is 2.89. The summed E-state index contributed by atoms with van der Waals surface area (Å²) in [5.74, 6) is 2.54. The number of fused-ring (bicyclic) bond motifs is 2. The number of carbonyl (C=O) groups excluding carboxylic acids is 1. The Labute approximate surface area is 219 Å². The average molecular weight is 529 g/mol. The van der Waals surface area contributed by atoms with Crippen LogP contribution in [0.5, 0.6) is 5.75 Å². The molecule has 36 heavy (non-hydrogen) atoms. The molecule has 2 aliphatic heterocycles. The number of anilines is 2. The molecule has 2 aliphatic rings. The highest BCUT2D eigenvalue weighted by atomic mass is 35.5. The van der Waals surface area contributed by atoms with Crippen molar-refractivity contribution in [3.8, 4) is 5.75 Å². The maximum Gasteiger partial charge on any atom is 0.269 e. The summed E-state index contributed by atoms with van der Waals surface area (Å²) < 4.78 is 7.11. The summed E-state index contributed by atoms with van der Waals surface area (Å²) in [5, 5.41) is 0.605. The standard InChI is InChI=1S/C25H29ClN6O3S/c1-29(24-18(26)13-21-25(28-24)30(2)23(34)15-36-21)16-6-8-31(9-7-16)10-11-32-20-12-17(35-3)4-5-19(20)27-14-22(32)33/h4-5,12-14,16H,6-11,15H2,1-3H3. The van der Waals surface area contributed by atoms with E-state index in [4.69, 9.17) is 21.3 Å². The number of aromatic nitrogens is 3. The van der Waals surface area contributed by atoms with Crippen LogP contribution in [0.3, 0.4) is 0 Å². The zero-order chi connectivity index (χ0) is 25.4. The van der Waals surface area contributed by atoms with E-state index in [1.807, 2.05) is 31.3 Å². The van der Waals surface area contributed by atoms with Crippen LogP contribution in [0.2, 0.25) is 5.02 Å². The third-order valence-electron chi connectivity index (χ3n) is 7.08. The van der Waals surface area contributed by atoms with Gasteiger partial charge in [-0.05, 0) is 31.0 Å². The summed E-state index contributed by atoms with van der Waals surface area (Å²) in [5.41, 5.74) is 1.45. The number of thioether (sulfide) groups is 1. The van der Waals surface area contributed by atoms with Crippen molar-refractivity contribution in [3.05, 3.63) is 45.8 Å². The van der Waals surface area contributed by atoms with Crippen molar-refractivity contribution in [2.75, 3.05) is 56.4 Å². The normalized spacial score (nSPS) is 16.9. The van der Waals surface area contributed by atoms with Gasteiger partial charge in [-0.25, -0.2) is 9.97 Å². The lowest BCUT2D eigenvalue weighted by atomic mass is 10.0. The molecule has 2 aromatic heterocycles. The topological polar surface area (TPSA) is 83.8 Å². The van der Waals surface area contributed by atoms with Crippen molar-refractivity contribution in [1.29, 1.82) is 0 Å². The number of halogens is 1. The quantitative estimate of drug-likeness (QED) is 0.482. The molecule has 3 aromatic rings. The summed E-state index contributed by atoms with van der Waals surface area (Å²) in [4.78, 5) is 40.8. The van der Waals surface area contributed by atoms with Crippen LogP contribution in [0.25, 0.3) is 11.0 Å². The molecular weight excluding hydrogens is 500 g/mol. The van der Waals surface area contributed by atoms with Gasteiger partial charge in [0, 0.05) is 52.4 Å². The van der Waals surface area contributed by atoms with Gasteiger partial charge in [0.1, 0.15) is 11.6 Å². The smallest absolute Gasteiger partial charge is 0.269 e. The Bertz CT molecular complexity index is 1360. The van der Waals surface area contributed by atoms with Gasteiger partial charge in [-0.15, -0.1) is 11.8 Å². The Kier molecular flexibility index (Phi) is 7.09. The lowest BCUT2D eigenvalue weighted by Gasteiger charge is -2.38. The van der Waals surface area contributed by atoms with E-state index in [9.17, 15) is 9.59 Å². The maximum atomic E-state index is 12.6. The monoisotopic (exact) mass is 528 g/mol. The van der Waals surface area contributed by atoms with Crippen LogP contribution in [0.1, 0.15) is 12.8 Å². The number of ether oxygens (including phenoxy) is 1. The van der Waals surface area contributed by atoms with Crippen LogP contribution in [0, 0.1) is 0 Å². The van der Waals surface area contributed by atoms with E-state index in [0.29, 0.717) is 34.7 Å². The lowest BCUT2D eigenvalue weighted by Crippen LogP contribution is -2.45. The molecule has 0 bridgehead atoms. The second kappa shape index (κ2) is 10.3. The second-order valence-electron chi connectivity index (χ2n) is 9.14. The molecule has 1 fully saturated rings. The second-order valence-corrected chi connectivity index (χ2v) is 10.6. The molecule has 1 aromatic carbocycles. The molecule has 190 valence electrons. The molecule has 1 saturated heterocycles. The van der Waals surface area contributed by atoms with E-state index in [1.165, 1.54) is 18.0 Å². The molecule has 11 heteroatoms. The number of methoxy groups -OCH3 is 1. The number of benzene rings is 1. The van der Waals surface area contributed by atoms with Crippen molar-refractivity contribution < 1.29 is 9.53 Å². The third kappa shape index (κ3) is 4.77. The minimum atomic E-state index is -0.111. The van der Waals surface area contributed by atoms with E-state index in [0.717, 1.165) is 48.4 Å². The van der Waals surface area contributed by atoms with Gasteiger partial charge in [0.15, 0.2) is 5.82 Å². The summed E-state index contributed by atoms with van der Waals surface area (Å²) >= 11 is 8.09. The van der Waals surface area contributed by atoms with Crippen LogP contribution in [0.15, 0.2) is 40.2 Å². The Morgan fingerprint density at radius 3 is 2.72 bits per heavy atom. The van der Waals surface area contributed by atoms with Crippen molar-refractivity contribution >= 4 is 51.9 Å². The SMILES string of the molecule is COc1ccc2ncc(=O)n(CCN3CCC(N(C)c4nc5c(cc4Cl)SCC(=O)N5C)CC3)c2c1. The molecule has 9 nitrogen and oxygen atoms in total. The summed E-state index contributed by atoms with van der Waals surface area (Å²) in [6.07, 6.45) is 3.29. The zero-order valence-electron chi connectivity index (χ0n) is 20.6. The molecule has 0 spiro atoms.